The number of benzene rings is 1. The molecule has 1 aromatic rings. The van der Waals surface area contributed by atoms with Gasteiger partial charge in [0.2, 0.25) is 5.91 Å². The Bertz CT molecular complexity index is 486. The van der Waals surface area contributed by atoms with Crippen LogP contribution in [-0.2, 0) is 11.3 Å². The van der Waals surface area contributed by atoms with Gasteiger partial charge in [0.25, 0.3) is 0 Å². The fraction of sp³-hybridized carbons (Fsp3) is 0.500. The van der Waals surface area contributed by atoms with Gasteiger partial charge in [-0.1, -0.05) is 15.9 Å². The summed E-state index contributed by atoms with van der Waals surface area (Å²) in [4.78, 5) is 14.0. The lowest BCUT2D eigenvalue weighted by molar-refractivity contribution is -0.139. The third-order valence-corrected chi connectivity index (χ3v) is 4.14. The van der Waals surface area contributed by atoms with E-state index in [9.17, 15) is 9.18 Å². The molecule has 1 amide bonds. The van der Waals surface area contributed by atoms with Crippen LogP contribution in [0.2, 0.25) is 0 Å². The van der Waals surface area contributed by atoms with E-state index in [0.29, 0.717) is 18.7 Å². The molecule has 1 N–H and O–H groups in total. The Labute approximate surface area is 121 Å². The van der Waals surface area contributed by atoms with E-state index in [0.717, 1.165) is 17.4 Å². The van der Waals surface area contributed by atoms with Crippen molar-refractivity contribution in [3.63, 3.8) is 0 Å². The van der Waals surface area contributed by atoms with Crippen molar-refractivity contribution in [3.8, 4) is 0 Å². The van der Waals surface area contributed by atoms with E-state index < -0.39 is 0 Å². The molecule has 1 aromatic carbocycles. The Morgan fingerprint density at radius 1 is 1.58 bits per heavy atom. The van der Waals surface area contributed by atoms with Crippen molar-refractivity contribution in [2.75, 3.05) is 20.1 Å². The maximum absolute atomic E-state index is 13.7. The van der Waals surface area contributed by atoms with Crippen LogP contribution in [0.4, 0.5) is 4.39 Å². The minimum Gasteiger partial charge on any atom is -0.341 e. The summed E-state index contributed by atoms with van der Waals surface area (Å²) in [7, 11) is 1.73. The number of hydrogen-bond acceptors (Lipinski definition) is 2. The first kappa shape index (κ1) is 14.5. The molecule has 1 aliphatic rings. The summed E-state index contributed by atoms with van der Waals surface area (Å²) in [5.74, 6) is -0.213. The quantitative estimate of drug-likeness (QED) is 0.924. The summed E-state index contributed by atoms with van der Waals surface area (Å²) in [5.41, 5.74) is 0.164. The zero-order valence-corrected chi connectivity index (χ0v) is 12.8. The SMILES string of the molecule is CN(Cc1cc(Br)ccc1F)C(=O)C1(C)CCNC1. The average Bonchev–Trinajstić information content (AvgIpc) is 2.81. The van der Waals surface area contributed by atoms with Crippen molar-refractivity contribution < 1.29 is 9.18 Å². The summed E-state index contributed by atoms with van der Waals surface area (Å²) in [5, 5.41) is 3.20. The van der Waals surface area contributed by atoms with Crippen LogP contribution in [0.3, 0.4) is 0 Å². The third kappa shape index (κ3) is 3.15. The van der Waals surface area contributed by atoms with Crippen LogP contribution >= 0.6 is 15.9 Å². The summed E-state index contributed by atoms with van der Waals surface area (Å²) in [6.45, 7) is 3.81. The zero-order valence-electron chi connectivity index (χ0n) is 11.2. The number of hydrogen-bond donors (Lipinski definition) is 1. The fourth-order valence-electron chi connectivity index (χ4n) is 2.45. The Balaban J connectivity index is 2.10. The second-order valence-electron chi connectivity index (χ2n) is 5.38. The molecule has 1 atom stereocenters. The molecule has 0 aliphatic carbocycles. The third-order valence-electron chi connectivity index (χ3n) is 3.65. The van der Waals surface area contributed by atoms with Gasteiger partial charge in [0.1, 0.15) is 5.82 Å². The van der Waals surface area contributed by atoms with E-state index in [1.54, 1.807) is 24.1 Å². The van der Waals surface area contributed by atoms with Gasteiger partial charge >= 0.3 is 0 Å². The summed E-state index contributed by atoms with van der Waals surface area (Å²) in [6, 6.07) is 4.79. The summed E-state index contributed by atoms with van der Waals surface area (Å²) < 4.78 is 14.5. The minimum absolute atomic E-state index is 0.0666. The topological polar surface area (TPSA) is 32.3 Å². The highest BCUT2D eigenvalue weighted by Crippen LogP contribution is 2.27. The van der Waals surface area contributed by atoms with Gasteiger partial charge in [-0.05, 0) is 38.1 Å². The van der Waals surface area contributed by atoms with Crippen LogP contribution in [0, 0.1) is 11.2 Å². The number of halogens is 2. The molecule has 1 aliphatic heterocycles. The molecule has 1 saturated heterocycles. The average molecular weight is 329 g/mol. The van der Waals surface area contributed by atoms with E-state index >= 15 is 0 Å². The first-order valence-electron chi connectivity index (χ1n) is 6.32. The van der Waals surface area contributed by atoms with E-state index in [1.165, 1.54) is 6.07 Å². The van der Waals surface area contributed by atoms with Gasteiger partial charge < -0.3 is 10.2 Å². The largest absolute Gasteiger partial charge is 0.341 e. The van der Waals surface area contributed by atoms with Crippen molar-refractivity contribution in [2.45, 2.75) is 19.9 Å². The second kappa shape index (κ2) is 5.59. The Kier molecular flexibility index (Phi) is 4.26. The predicted octanol–water partition coefficient (Wildman–Crippen LogP) is 2.55. The normalized spacial score (nSPS) is 22.5. The standard InChI is InChI=1S/C14H18BrFN2O/c1-14(5-6-17-9-14)13(19)18(2)8-10-7-11(15)3-4-12(10)16/h3-4,7,17H,5-6,8-9H2,1-2H3. The second-order valence-corrected chi connectivity index (χ2v) is 6.30. The van der Waals surface area contributed by atoms with Gasteiger partial charge in [0.15, 0.2) is 0 Å². The molecule has 1 fully saturated rings. The first-order valence-corrected chi connectivity index (χ1v) is 7.12. The molecule has 1 unspecified atom stereocenters. The van der Waals surface area contributed by atoms with Crippen LogP contribution < -0.4 is 5.32 Å². The smallest absolute Gasteiger partial charge is 0.229 e. The van der Waals surface area contributed by atoms with Gasteiger partial charge in [-0.3, -0.25) is 4.79 Å². The number of carbonyl (C=O) groups excluding carboxylic acids is 1. The zero-order chi connectivity index (χ0) is 14.0. The molecular weight excluding hydrogens is 311 g/mol. The molecular formula is C14H18BrFN2O. The number of nitrogens with one attached hydrogen (secondary N) is 1. The molecule has 0 radical (unpaired) electrons. The van der Waals surface area contributed by atoms with E-state index in [4.69, 9.17) is 0 Å². The first-order chi connectivity index (χ1) is 8.92. The van der Waals surface area contributed by atoms with Gasteiger partial charge in [-0.2, -0.15) is 0 Å². The van der Waals surface area contributed by atoms with Crippen molar-refractivity contribution in [3.05, 3.63) is 34.1 Å². The molecule has 104 valence electrons. The van der Waals surface area contributed by atoms with E-state index in [-0.39, 0.29) is 17.1 Å². The van der Waals surface area contributed by atoms with Crippen LogP contribution in [0.25, 0.3) is 0 Å². The maximum Gasteiger partial charge on any atom is 0.229 e. The van der Waals surface area contributed by atoms with Crippen molar-refractivity contribution in [1.29, 1.82) is 0 Å². The highest BCUT2D eigenvalue weighted by atomic mass is 79.9. The predicted molar refractivity (Wildman–Crippen MR) is 76.2 cm³/mol. The van der Waals surface area contributed by atoms with Crippen LogP contribution in [0.15, 0.2) is 22.7 Å². The monoisotopic (exact) mass is 328 g/mol. The molecule has 0 saturated carbocycles. The fourth-order valence-corrected chi connectivity index (χ4v) is 2.86. The van der Waals surface area contributed by atoms with Crippen molar-refractivity contribution >= 4 is 21.8 Å². The van der Waals surface area contributed by atoms with E-state index in [2.05, 4.69) is 21.2 Å². The molecule has 0 aromatic heterocycles. The van der Waals surface area contributed by atoms with Gasteiger partial charge in [-0.15, -0.1) is 0 Å². The summed E-state index contributed by atoms with van der Waals surface area (Å²) >= 11 is 3.32. The molecule has 19 heavy (non-hydrogen) atoms. The Morgan fingerprint density at radius 2 is 2.32 bits per heavy atom. The number of rotatable bonds is 3. The molecule has 3 nitrogen and oxygen atoms in total. The molecule has 0 spiro atoms. The van der Waals surface area contributed by atoms with Gasteiger partial charge in [0, 0.05) is 30.2 Å². The van der Waals surface area contributed by atoms with Crippen LogP contribution in [-0.4, -0.2) is 30.9 Å². The van der Waals surface area contributed by atoms with Gasteiger partial charge in [0.05, 0.1) is 5.41 Å². The number of amides is 1. The lowest BCUT2D eigenvalue weighted by Gasteiger charge is -2.28. The highest BCUT2D eigenvalue weighted by Gasteiger charge is 2.38. The van der Waals surface area contributed by atoms with Crippen molar-refractivity contribution in [1.82, 2.24) is 10.2 Å². The molecule has 2 rings (SSSR count). The highest BCUT2D eigenvalue weighted by molar-refractivity contribution is 9.10. The number of nitrogens with zero attached hydrogens (tertiary/aromatic N) is 1. The molecule has 0 bridgehead atoms. The maximum atomic E-state index is 13.7. The Hall–Kier alpha value is -0.940. The van der Waals surface area contributed by atoms with Crippen LogP contribution in [0.5, 0.6) is 0 Å². The molecule has 5 heteroatoms. The minimum atomic E-state index is -0.364. The van der Waals surface area contributed by atoms with Gasteiger partial charge in [-0.25, -0.2) is 4.39 Å². The lowest BCUT2D eigenvalue weighted by atomic mass is 9.88. The Morgan fingerprint density at radius 3 is 2.95 bits per heavy atom. The lowest BCUT2D eigenvalue weighted by Crippen LogP contribution is -2.41. The van der Waals surface area contributed by atoms with Crippen LogP contribution in [0.1, 0.15) is 18.9 Å². The molecule has 1 heterocycles. The van der Waals surface area contributed by atoms with Crippen molar-refractivity contribution in [2.24, 2.45) is 5.41 Å². The van der Waals surface area contributed by atoms with E-state index in [1.807, 2.05) is 6.92 Å². The number of carbonyl (C=O) groups is 1. The summed E-state index contributed by atoms with van der Waals surface area (Å²) in [6.07, 6.45) is 0.830.